The Labute approximate surface area is 116 Å². The number of hydrogen-bond acceptors (Lipinski definition) is 0. The molecule has 0 aliphatic heterocycles. The molecule has 17 heavy (non-hydrogen) atoms. The Morgan fingerprint density at radius 2 is 0.588 bits per heavy atom. The summed E-state index contributed by atoms with van der Waals surface area (Å²) in [5, 5.41) is 0. The summed E-state index contributed by atoms with van der Waals surface area (Å²) in [7, 11) is 0. The van der Waals surface area contributed by atoms with Gasteiger partial charge in [0.25, 0.3) is 0 Å². The molecule has 0 aromatic heterocycles. The molecule has 0 N–H and O–H groups in total. The van der Waals surface area contributed by atoms with E-state index in [9.17, 15) is 0 Å². The molecule has 0 radical (unpaired) electrons. The van der Waals surface area contributed by atoms with Crippen molar-refractivity contribution in [2.24, 2.45) is 0 Å². The van der Waals surface area contributed by atoms with E-state index in [-0.39, 0.29) is 21.1 Å². The van der Waals surface area contributed by atoms with E-state index in [2.05, 4.69) is 50.9 Å². The van der Waals surface area contributed by atoms with Crippen LogP contribution in [0.25, 0.3) is 0 Å². The average Bonchev–Trinajstić information content (AvgIpc) is 2.38. The van der Waals surface area contributed by atoms with E-state index in [1.807, 2.05) is 0 Å². The predicted molar refractivity (Wildman–Crippen MR) is 52.5 cm³/mol. The monoisotopic (exact) mass is 404 g/mol. The molecule has 0 aromatic carbocycles. The first kappa shape index (κ1) is 29.8. The second-order valence-electron chi connectivity index (χ2n) is 2.10. The standard InChI is InChI=1S/C8H12.4CO.W/c1-2-4-6-8-7-5-3-1;4*1-2;/h1-2,7-8H,3-6H2;;;;;. The van der Waals surface area contributed by atoms with Gasteiger partial charge in [-0.15, -0.1) is 0 Å². The average molecular weight is 404 g/mol. The van der Waals surface area contributed by atoms with Crippen LogP contribution in [0.2, 0.25) is 0 Å². The molecule has 4 nitrogen and oxygen atoms in total. The van der Waals surface area contributed by atoms with Crippen molar-refractivity contribution >= 4 is 0 Å². The zero-order chi connectivity index (χ0) is 13.7. The molecule has 0 saturated heterocycles. The van der Waals surface area contributed by atoms with Gasteiger partial charge in [-0.3, -0.25) is 0 Å². The normalized spacial score (nSPS) is 9.88. The summed E-state index contributed by atoms with van der Waals surface area (Å²) >= 11 is 0. The minimum absolute atomic E-state index is 0. The fraction of sp³-hybridized carbons (Fsp3) is 0.333. The molecule has 1 rings (SSSR count). The molecule has 0 fully saturated rings. The number of hydrogen-bond donors (Lipinski definition) is 0. The van der Waals surface area contributed by atoms with Gasteiger partial charge in [-0.2, -0.15) is 0 Å². The van der Waals surface area contributed by atoms with Crippen LogP contribution in [0.15, 0.2) is 24.3 Å². The summed E-state index contributed by atoms with van der Waals surface area (Å²) in [5.41, 5.74) is 0. The van der Waals surface area contributed by atoms with Crippen molar-refractivity contribution in [2.45, 2.75) is 25.7 Å². The zero-order valence-electron chi connectivity index (χ0n) is 9.18. The van der Waals surface area contributed by atoms with Crippen molar-refractivity contribution in [3.05, 3.63) is 50.9 Å². The summed E-state index contributed by atoms with van der Waals surface area (Å²) in [6.07, 6.45) is 14.0. The molecular weight excluding hydrogens is 392 g/mol. The predicted octanol–water partition coefficient (Wildman–Crippen LogP) is 2.52. The molecule has 1 aliphatic carbocycles. The van der Waals surface area contributed by atoms with Gasteiger partial charge >= 0.3 is 45.2 Å². The zero-order valence-corrected chi connectivity index (χ0v) is 12.1. The second-order valence-corrected chi connectivity index (χ2v) is 2.10. The van der Waals surface area contributed by atoms with Crippen molar-refractivity contribution in [3.8, 4) is 0 Å². The molecule has 0 amide bonds. The molecular formula is C12H12O4W. The molecule has 0 bridgehead atoms. The van der Waals surface area contributed by atoms with Crippen LogP contribution in [0, 0.1) is 26.6 Å². The van der Waals surface area contributed by atoms with Crippen LogP contribution in [-0.4, -0.2) is 0 Å². The summed E-state index contributed by atoms with van der Waals surface area (Å²) < 4.78 is 30.0. The third-order valence-electron chi connectivity index (χ3n) is 1.33. The Kier molecular flexibility index (Phi) is 104. The maximum Gasteiger partial charge on any atom is 0 e. The Balaban J connectivity index is -0.0000000462. The first-order valence-corrected chi connectivity index (χ1v) is 4.12. The van der Waals surface area contributed by atoms with Crippen molar-refractivity contribution < 1.29 is 39.7 Å². The van der Waals surface area contributed by atoms with Crippen molar-refractivity contribution in [3.63, 3.8) is 0 Å². The van der Waals surface area contributed by atoms with Crippen LogP contribution >= 0.6 is 0 Å². The minimum Gasteiger partial charge on any atom is 0 e. The fourth-order valence-corrected chi connectivity index (χ4v) is 0.856. The largest absolute Gasteiger partial charge is 0 e. The first-order chi connectivity index (χ1) is 8.00. The molecule has 0 spiro atoms. The van der Waals surface area contributed by atoms with Crippen molar-refractivity contribution in [1.82, 2.24) is 0 Å². The molecule has 5 heteroatoms. The van der Waals surface area contributed by atoms with Crippen LogP contribution in [0.5, 0.6) is 0 Å². The molecule has 0 unspecified atom stereocenters. The van der Waals surface area contributed by atoms with Gasteiger partial charge in [-0.25, -0.2) is 0 Å². The summed E-state index contributed by atoms with van der Waals surface area (Å²) in [6, 6.07) is 0. The van der Waals surface area contributed by atoms with Gasteiger partial charge in [0.05, 0.1) is 0 Å². The molecule has 0 heterocycles. The van der Waals surface area contributed by atoms with Crippen LogP contribution in [0.1, 0.15) is 25.7 Å². The van der Waals surface area contributed by atoms with Gasteiger partial charge in [-0.05, 0) is 25.7 Å². The summed E-state index contributed by atoms with van der Waals surface area (Å²) in [4.78, 5) is 0. The van der Waals surface area contributed by atoms with Gasteiger partial charge in [0.15, 0.2) is 0 Å². The minimum atomic E-state index is 0. The van der Waals surface area contributed by atoms with E-state index in [1.165, 1.54) is 25.7 Å². The Morgan fingerprint density at radius 3 is 0.706 bits per heavy atom. The van der Waals surface area contributed by atoms with E-state index in [0.29, 0.717) is 0 Å². The van der Waals surface area contributed by atoms with Crippen LogP contribution in [-0.2, 0) is 39.7 Å². The van der Waals surface area contributed by atoms with Gasteiger partial charge in [-0.1, -0.05) is 24.3 Å². The van der Waals surface area contributed by atoms with Crippen molar-refractivity contribution in [1.29, 1.82) is 0 Å². The van der Waals surface area contributed by atoms with E-state index in [0.717, 1.165) is 0 Å². The molecule has 90 valence electrons. The Hall–Kier alpha value is -0.872. The van der Waals surface area contributed by atoms with E-state index < -0.39 is 0 Å². The Bertz CT molecular complexity index is 186. The van der Waals surface area contributed by atoms with Crippen LogP contribution in [0.4, 0.5) is 0 Å². The van der Waals surface area contributed by atoms with Crippen LogP contribution < -0.4 is 0 Å². The third kappa shape index (κ3) is 51.3. The van der Waals surface area contributed by atoms with Gasteiger partial charge in [0.1, 0.15) is 0 Å². The maximum atomic E-state index is 7.50. The topological polar surface area (TPSA) is 79.6 Å². The van der Waals surface area contributed by atoms with Gasteiger partial charge in [0.2, 0.25) is 0 Å². The summed E-state index contributed by atoms with van der Waals surface area (Å²) in [5.74, 6) is 0. The van der Waals surface area contributed by atoms with E-state index in [4.69, 9.17) is 18.6 Å². The van der Waals surface area contributed by atoms with E-state index in [1.54, 1.807) is 0 Å². The molecule has 0 aromatic rings. The third-order valence-corrected chi connectivity index (χ3v) is 1.33. The number of rotatable bonds is 0. The second kappa shape index (κ2) is 59.4. The quantitative estimate of drug-likeness (QED) is 0.338. The molecule has 1 aliphatic rings. The first-order valence-electron chi connectivity index (χ1n) is 4.12. The smallest absolute Gasteiger partial charge is 0 e. The van der Waals surface area contributed by atoms with Gasteiger partial charge in [0, 0.05) is 21.1 Å². The molecule has 0 saturated carbocycles. The number of allylic oxidation sites excluding steroid dienone is 4. The van der Waals surface area contributed by atoms with Gasteiger partial charge < -0.3 is 0 Å². The summed E-state index contributed by atoms with van der Waals surface area (Å²) in [6.45, 7) is 18.0. The maximum absolute atomic E-state index is 7.50. The SMILES string of the molecule is C1=CCCC=CCC1.[C-]#[O+].[C-]#[O+].[C-]#[O+].[C-]#[O+].[W]. The Morgan fingerprint density at radius 1 is 0.471 bits per heavy atom. The van der Waals surface area contributed by atoms with Crippen LogP contribution in [0.3, 0.4) is 0 Å². The molecule has 0 atom stereocenters. The van der Waals surface area contributed by atoms with E-state index >= 15 is 0 Å². The fourth-order valence-electron chi connectivity index (χ4n) is 0.856. The van der Waals surface area contributed by atoms with Crippen molar-refractivity contribution in [2.75, 3.05) is 0 Å².